The first-order chi connectivity index (χ1) is 13.7. The van der Waals surface area contributed by atoms with Crippen molar-refractivity contribution in [2.45, 2.75) is 37.8 Å². The summed E-state index contributed by atoms with van der Waals surface area (Å²) >= 11 is 0. The van der Waals surface area contributed by atoms with Crippen LogP contribution in [0.1, 0.15) is 35.2 Å². The molecule has 2 amide bonds. The highest BCUT2D eigenvalue weighted by atomic mass is 16.5. The van der Waals surface area contributed by atoms with Crippen molar-refractivity contribution >= 4 is 11.8 Å². The fraction of sp³-hybridized carbons (Fsp3) is 0.391. The Morgan fingerprint density at radius 2 is 1.82 bits per heavy atom. The van der Waals surface area contributed by atoms with E-state index in [1.54, 1.807) is 7.11 Å². The number of aryl methyl sites for hydroxylation is 1. The zero-order valence-corrected chi connectivity index (χ0v) is 16.1. The van der Waals surface area contributed by atoms with Gasteiger partial charge in [-0.15, -0.1) is 0 Å². The largest absolute Gasteiger partial charge is 0.496 e. The molecule has 0 radical (unpaired) electrons. The van der Waals surface area contributed by atoms with E-state index >= 15 is 0 Å². The van der Waals surface area contributed by atoms with Gasteiger partial charge in [0.15, 0.2) is 0 Å². The molecule has 1 saturated carbocycles. The van der Waals surface area contributed by atoms with Crippen molar-refractivity contribution in [1.82, 2.24) is 10.2 Å². The number of rotatable bonds is 6. The smallest absolute Gasteiger partial charge is 0.251 e. The minimum atomic E-state index is -0.0560. The predicted molar refractivity (Wildman–Crippen MR) is 107 cm³/mol. The van der Waals surface area contributed by atoms with Gasteiger partial charge in [0.25, 0.3) is 5.91 Å². The fourth-order valence-electron chi connectivity index (χ4n) is 4.60. The maximum atomic E-state index is 12.9. The van der Waals surface area contributed by atoms with E-state index in [4.69, 9.17) is 4.74 Å². The highest BCUT2D eigenvalue weighted by Gasteiger charge is 2.47. The van der Waals surface area contributed by atoms with Crippen molar-refractivity contribution in [3.05, 3.63) is 65.7 Å². The molecular weight excluding hydrogens is 352 g/mol. The molecule has 1 saturated heterocycles. The SMILES string of the molecule is COc1ccccc1CCC(=O)N1C[C@@H]2C[C@H](NC(=O)c3ccccc3)[C@H]1C2. The molecule has 0 aromatic heterocycles. The summed E-state index contributed by atoms with van der Waals surface area (Å²) in [7, 11) is 1.65. The summed E-state index contributed by atoms with van der Waals surface area (Å²) in [6.07, 6.45) is 3.07. The predicted octanol–water partition coefficient (Wildman–Crippen LogP) is 3.05. The Labute approximate surface area is 165 Å². The molecule has 146 valence electrons. The summed E-state index contributed by atoms with van der Waals surface area (Å²) in [4.78, 5) is 27.4. The molecule has 5 heteroatoms. The molecule has 2 bridgehead atoms. The van der Waals surface area contributed by atoms with Crippen LogP contribution in [0.2, 0.25) is 0 Å². The number of hydrogen-bond acceptors (Lipinski definition) is 3. The molecule has 1 aliphatic carbocycles. The number of ether oxygens (including phenoxy) is 1. The number of carbonyl (C=O) groups is 2. The summed E-state index contributed by atoms with van der Waals surface area (Å²) in [6, 6.07) is 17.3. The summed E-state index contributed by atoms with van der Waals surface area (Å²) < 4.78 is 5.38. The van der Waals surface area contributed by atoms with E-state index in [9.17, 15) is 9.59 Å². The number of hydrogen-bond donors (Lipinski definition) is 1. The van der Waals surface area contributed by atoms with Crippen molar-refractivity contribution in [3.8, 4) is 5.75 Å². The summed E-state index contributed by atoms with van der Waals surface area (Å²) in [5.41, 5.74) is 1.72. The van der Waals surface area contributed by atoms with E-state index < -0.39 is 0 Å². The van der Waals surface area contributed by atoms with Crippen molar-refractivity contribution in [2.24, 2.45) is 5.92 Å². The quantitative estimate of drug-likeness (QED) is 0.841. The molecule has 1 N–H and O–H groups in total. The third-order valence-electron chi connectivity index (χ3n) is 5.96. The molecule has 2 aromatic carbocycles. The zero-order valence-electron chi connectivity index (χ0n) is 16.1. The van der Waals surface area contributed by atoms with Gasteiger partial charge in [-0.25, -0.2) is 0 Å². The molecule has 2 aromatic rings. The molecule has 0 unspecified atom stereocenters. The van der Waals surface area contributed by atoms with Gasteiger partial charge in [0.05, 0.1) is 13.2 Å². The average molecular weight is 378 g/mol. The number of likely N-dealkylation sites (tertiary alicyclic amines) is 1. The number of amides is 2. The third-order valence-corrected chi connectivity index (χ3v) is 5.96. The third kappa shape index (κ3) is 3.75. The van der Waals surface area contributed by atoms with Crippen molar-refractivity contribution in [2.75, 3.05) is 13.7 Å². The van der Waals surface area contributed by atoms with Crippen LogP contribution < -0.4 is 10.1 Å². The maximum absolute atomic E-state index is 12.9. The first kappa shape index (κ1) is 18.5. The Morgan fingerprint density at radius 1 is 1.07 bits per heavy atom. The molecule has 1 aliphatic heterocycles. The molecule has 1 heterocycles. The lowest BCUT2D eigenvalue weighted by atomic mass is 10.0. The number of carbonyl (C=O) groups excluding carboxylic acids is 2. The van der Waals surface area contributed by atoms with E-state index in [-0.39, 0.29) is 23.9 Å². The molecule has 4 rings (SSSR count). The van der Waals surface area contributed by atoms with E-state index in [0.717, 1.165) is 30.7 Å². The second kappa shape index (κ2) is 8.05. The average Bonchev–Trinajstić information content (AvgIpc) is 3.33. The first-order valence-electron chi connectivity index (χ1n) is 9.93. The highest BCUT2D eigenvalue weighted by molar-refractivity contribution is 5.94. The van der Waals surface area contributed by atoms with Crippen molar-refractivity contribution in [3.63, 3.8) is 0 Å². The number of methoxy groups -OCH3 is 1. The minimum Gasteiger partial charge on any atom is -0.496 e. The van der Waals surface area contributed by atoms with Gasteiger partial charge in [-0.2, -0.15) is 0 Å². The van der Waals surface area contributed by atoms with Gasteiger partial charge < -0.3 is 15.0 Å². The standard InChI is InChI=1S/C23H26N2O3/c1-28-21-10-6-5-7-17(21)11-12-22(26)25-15-16-13-19(20(25)14-16)24-23(27)18-8-3-2-4-9-18/h2-10,16,19-20H,11-15H2,1H3,(H,24,27)/t16-,19+,20-/m1/s1. The van der Waals surface area contributed by atoms with Crippen LogP contribution in [-0.4, -0.2) is 42.5 Å². The van der Waals surface area contributed by atoms with Crippen LogP contribution in [0, 0.1) is 5.92 Å². The van der Waals surface area contributed by atoms with Crippen molar-refractivity contribution < 1.29 is 14.3 Å². The van der Waals surface area contributed by atoms with E-state index in [1.807, 2.05) is 59.5 Å². The molecule has 2 fully saturated rings. The van der Waals surface area contributed by atoms with Crippen LogP contribution >= 0.6 is 0 Å². The Bertz CT molecular complexity index is 852. The van der Waals surface area contributed by atoms with Gasteiger partial charge in [-0.05, 0) is 48.9 Å². The lowest BCUT2D eigenvalue weighted by Gasteiger charge is -2.34. The van der Waals surface area contributed by atoms with E-state index in [2.05, 4.69) is 5.32 Å². The van der Waals surface area contributed by atoms with Crippen molar-refractivity contribution in [1.29, 1.82) is 0 Å². The van der Waals surface area contributed by atoms with E-state index in [1.165, 1.54) is 0 Å². The molecule has 3 atom stereocenters. The van der Waals surface area contributed by atoms with E-state index in [0.29, 0.717) is 24.3 Å². The monoisotopic (exact) mass is 378 g/mol. The van der Waals surface area contributed by atoms with Gasteiger partial charge in [0.1, 0.15) is 5.75 Å². The normalized spacial score (nSPS) is 22.9. The lowest BCUT2D eigenvalue weighted by molar-refractivity contribution is -0.133. The van der Waals surface area contributed by atoms with Gasteiger partial charge in [0.2, 0.25) is 5.91 Å². The number of fused-ring (bicyclic) bond motifs is 2. The van der Waals surface area contributed by atoms with Crippen LogP contribution in [0.25, 0.3) is 0 Å². The van der Waals surface area contributed by atoms with Crippen LogP contribution in [0.4, 0.5) is 0 Å². The number of nitrogens with zero attached hydrogens (tertiary/aromatic N) is 1. The Morgan fingerprint density at radius 3 is 2.57 bits per heavy atom. The van der Waals surface area contributed by atoms with Crippen LogP contribution in [0.3, 0.4) is 0 Å². The molecule has 2 aliphatic rings. The van der Waals surface area contributed by atoms with Crippen LogP contribution in [-0.2, 0) is 11.2 Å². The van der Waals surface area contributed by atoms with Gasteiger partial charge in [-0.1, -0.05) is 36.4 Å². The number of piperidine rings is 1. The van der Waals surface area contributed by atoms with Crippen LogP contribution in [0.15, 0.2) is 54.6 Å². The number of benzene rings is 2. The first-order valence-corrected chi connectivity index (χ1v) is 9.93. The van der Waals surface area contributed by atoms with Crippen LogP contribution in [0.5, 0.6) is 5.75 Å². The van der Waals surface area contributed by atoms with Gasteiger partial charge >= 0.3 is 0 Å². The summed E-state index contributed by atoms with van der Waals surface area (Å²) in [6.45, 7) is 0.813. The highest BCUT2D eigenvalue weighted by Crippen LogP contribution is 2.38. The minimum absolute atomic E-state index is 0.0432. The molecule has 28 heavy (non-hydrogen) atoms. The van der Waals surface area contributed by atoms with Gasteiger partial charge in [-0.3, -0.25) is 9.59 Å². The second-order valence-corrected chi connectivity index (χ2v) is 7.71. The molecule has 5 nitrogen and oxygen atoms in total. The maximum Gasteiger partial charge on any atom is 0.251 e. The molecular formula is C23H26N2O3. The number of para-hydroxylation sites is 1. The zero-order chi connectivity index (χ0) is 19.5. The fourth-order valence-corrected chi connectivity index (χ4v) is 4.60. The Balaban J connectivity index is 1.37. The Kier molecular flexibility index (Phi) is 5.33. The second-order valence-electron chi connectivity index (χ2n) is 7.71. The van der Waals surface area contributed by atoms with Gasteiger partial charge in [0, 0.05) is 24.6 Å². The topological polar surface area (TPSA) is 58.6 Å². The lowest BCUT2D eigenvalue weighted by Crippen LogP contribution is -2.52. The summed E-state index contributed by atoms with van der Waals surface area (Å²) in [5, 5.41) is 3.15. The number of nitrogens with one attached hydrogen (secondary N) is 1. The summed E-state index contributed by atoms with van der Waals surface area (Å²) in [5.74, 6) is 1.42. The Hall–Kier alpha value is -2.82. The molecule has 0 spiro atoms.